The molecule has 1 aliphatic rings. The van der Waals surface area contributed by atoms with Crippen LogP contribution in [0.15, 0.2) is 19.6 Å². The van der Waals surface area contributed by atoms with Crippen molar-refractivity contribution in [1.82, 2.24) is 20.6 Å². The summed E-state index contributed by atoms with van der Waals surface area (Å²) in [5, 5.41) is 21.8. The van der Waals surface area contributed by atoms with Gasteiger partial charge < -0.3 is 9.68 Å². The lowest BCUT2D eigenvalue weighted by Crippen LogP contribution is -2.23. The number of carbonyl (C=O) groups is 2. The molecule has 0 bridgehead atoms. The van der Waals surface area contributed by atoms with Gasteiger partial charge in [0.25, 0.3) is 0 Å². The van der Waals surface area contributed by atoms with Gasteiger partial charge in [0.1, 0.15) is 0 Å². The molecule has 1 aliphatic carbocycles. The molecule has 0 saturated heterocycles. The van der Waals surface area contributed by atoms with Crippen LogP contribution in [0.5, 0.6) is 0 Å². The van der Waals surface area contributed by atoms with Crippen molar-refractivity contribution in [2.24, 2.45) is 10.3 Å². The summed E-state index contributed by atoms with van der Waals surface area (Å²) in [5.74, 6) is -1.30. The Bertz CT molecular complexity index is 708. The minimum Gasteiger partial charge on any atom is -0.318 e. The second-order valence-electron chi connectivity index (χ2n) is 3.97. The number of nitrogens with zero attached hydrogens (tertiary/aromatic N) is 6. The minimum absolute atomic E-state index is 0.0180. The van der Waals surface area contributed by atoms with Gasteiger partial charge in [0, 0.05) is 13.8 Å². The third-order valence-electron chi connectivity index (χ3n) is 2.41. The quantitative estimate of drug-likeness (QED) is 0.442. The largest absolute Gasteiger partial charge is 0.332 e. The zero-order valence-corrected chi connectivity index (χ0v) is 11.1. The number of hydrogen-bond acceptors (Lipinski definition) is 12. The first-order chi connectivity index (χ1) is 10.6. The molecule has 0 aromatic carbocycles. The Morgan fingerprint density at radius 3 is 1.36 bits per heavy atom. The van der Waals surface area contributed by atoms with Crippen molar-refractivity contribution in [1.29, 1.82) is 0 Å². The molecule has 0 unspecified atom stereocenters. The molecular weight excluding hydrogens is 300 g/mol. The van der Waals surface area contributed by atoms with Crippen molar-refractivity contribution < 1.29 is 28.5 Å². The highest BCUT2D eigenvalue weighted by Crippen LogP contribution is 2.24. The maximum atomic E-state index is 10.9. The monoisotopic (exact) mass is 306 g/mol. The number of carbonyl (C=O) groups excluding carboxylic acids is 2. The minimum atomic E-state index is -0.650. The van der Waals surface area contributed by atoms with E-state index in [9.17, 15) is 9.59 Å². The van der Waals surface area contributed by atoms with Crippen molar-refractivity contribution >= 4 is 23.4 Å². The molecule has 0 saturated carbocycles. The van der Waals surface area contributed by atoms with E-state index in [2.05, 4.69) is 49.9 Å². The fourth-order valence-electron chi connectivity index (χ4n) is 1.62. The highest BCUT2D eigenvalue weighted by molar-refractivity contribution is 6.28. The Labute approximate surface area is 120 Å². The maximum absolute atomic E-state index is 10.9. The predicted molar refractivity (Wildman–Crippen MR) is 63.4 cm³/mol. The molecule has 0 atom stereocenters. The zero-order valence-electron chi connectivity index (χ0n) is 11.1. The molecule has 112 valence electrons. The number of fused-ring (bicyclic) bond motifs is 2. The summed E-state index contributed by atoms with van der Waals surface area (Å²) in [4.78, 5) is 30.9. The van der Waals surface area contributed by atoms with E-state index < -0.39 is 11.9 Å². The van der Waals surface area contributed by atoms with E-state index in [1.54, 1.807) is 0 Å². The van der Waals surface area contributed by atoms with E-state index in [1.165, 1.54) is 13.8 Å². The fourth-order valence-corrected chi connectivity index (χ4v) is 1.62. The highest BCUT2D eigenvalue weighted by Gasteiger charge is 2.38. The Balaban J connectivity index is 2.14. The second kappa shape index (κ2) is 5.16. The third-order valence-corrected chi connectivity index (χ3v) is 2.41. The van der Waals surface area contributed by atoms with Crippen LogP contribution in [0.2, 0.25) is 0 Å². The normalized spacial score (nSPS) is 12.3. The highest BCUT2D eigenvalue weighted by atomic mass is 16.7. The van der Waals surface area contributed by atoms with E-state index in [-0.39, 0.29) is 34.2 Å². The van der Waals surface area contributed by atoms with Crippen molar-refractivity contribution in [2.45, 2.75) is 13.8 Å². The van der Waals surface area contributed by atoms with Crippen LogP contribution in [0.4, 0.5) is 0 Å². The van der Waals surface area contributed by atoms with Gasteiger partial charge in [-0.2, -0.15) is 0 Å². The lowest BCUT2D eigenvalue weighted by atomic mass is 9.98. The van der Waals surface area contributed by atoms with Crippen LogP contribution < -0.4 is 0 Å². The Hall–Kier alpha value is -3.44. The third kappa shape index (κ3) is 2.21. The molecule has 0 amide bonds. The molecule has 0 spiro atoms. The van der Waals surface area contributed by atoms with Crippen molar-refractivity contribution in [3.05, 3.63) is 22.8 Å². The zero-order chi connectivity index (χ0) is 15.7. The molecule has 0 aliphatic heterocycles. The van der Waals surface area contributed by atoms with Crippen LogP contribution in [0.1, 0.15) is 36.6 Å². The lowest BCUT2D eigenvalue weighted by molar-refractivity contribution is -0.141. The first-order valence-electron chi connectivity index (χ1n) is 5.75. The number of oxime groups is 2. The summed E-state index contributed by atoms with van der Waals surface area (Å²) in [6.07, 6.45) is 0. The van der Waals surface area contributed by atoms with Gasteiger partial charge >= 0.3 is 11.9 Å². The van der Waals surface area contributed by atoms with Crippen LogP contribution >= 0.6 is 0 Å². The summed E-state index contributed by atoms with van der Waals surface area (Å²) in [6, 6.07) is 0. The molecule has 2 heterocycles. The van der Waals surface area contributed by atoms with Gasteiger partial charge in [0.2, 0.25) is 0 Å². The summed E-state index contributed by atoms with van der Waals surface area (Å²) >= 11 is 0. The Morgan fingerprint density at radius 2 is 1.09 bits per heavy atom. The lowest BCUT2D eigenvalue weighted by Gasteiger charge is -2.08. The molecular formula is C10H6N6O6. The molecule has 22 heavy (non-hydrogen) atoms. The summed E-state index contributed by atoms with van der Waals surface area (Å²) < 4.78 is 9.23. The average molecular weight is 306 g/mol. The second-order valence-corrected chi connectivity index (χ2v) is 3.97. The topological polar surface area (TPSA) is 155 Å². The van der Waals surface area contributed by atoms with Crippen LogP contribution in [0, 0.1) is 0 Å². The first kappa shape index (κ1) is 13.5. The van der Waals surface area contributed by atoms with Crippen molar-refractivity contribution in [3.63, 3.8) is 0 Å². The molecule has 0 fully saturated rings. The van der Waals surface area contributed by atoms with Crippen LogP contribution in [0.3, 0.4) is 0 Å². The van der Waals surface area contributed by atoms with Crippen LogP contribution in [0.25, 0.3) is 0 Å². The number of rotatable bonds is 2. The fraction of sp³-hybridized carbons (Fsp3) is 0.200. The van der Waals surface area contributed by atoms with Crippen molar-refractivity contribution in [3.8, 4) is 0 Å². The summed E-state index contributed by atoms with van der Waals surface area (Å²) in [5.41, 5.74) is 0.352. The molecule has 2 aromatic heterocycles. The van der Waals surface area contributed by atoms with Crippen LogP contribution in [-0.2, 0) is 19.3 Å². The first-order valence-corrected chi connectivity index (χ1v) is 5.75. The van der Waals surface area contributed by atoms with E-state index in [1.807, 2.05) is 0 Å². The molecule has 12 heteroatoms. The standard InChI is InChI=1S/C10H6N6O6/c1-3(17)19-11-5-7-9(15-21-13-7)6(12-20-4(2)18)10-8(5)14-22-16-10/h1-2H3. The van der Waals surface area contributed by atoms with Gasteiger partial charge in [-0.05, 0) is 20.6 Å². The number of aromatic nitrogens is 4. The molecule has 0 N–H and O–H groups in total. The van der Waals surface area contributed by atoms with E-state index in [0.29, 0.717) is 0 Å². The van der Waals surface area contributed by atoms with Crippen molar-refractivity contribution in [2.75, 3.05) is 0 Å². The average Bonchev–Trinajstić information content (AvgIpc) is 3.10. The van der Waals surface area contributed by atoms with E-state index >= 15 is 0 Å². The van der Waals surface area contributed by atoms with Gasteiger partial charge in [0.15, 0.2) is 34.2 Å². The van der Waals surface area contributed by atoms with E-state index in [0.717, 1.165) is 0 Å². The van der Waals surface area contributed by atoms with Gasteiger partial charge in [-0.25, -0.2) is 18.8 Å². The SMILES string of the molecule is CC(=O)ON=C1c2nonc2C(=NOC(C)=O)c2nonc21. The summed E-state index contributed by atoms with van der Waals surface area (Å²) in [6.45, 7) is 2.34. The molecule has 2 aromatic rings. The molecule has 0 radical (unpaired) electrons. The van der Waals surface area contributed by atoms with Gasteiger partial charge in [-0.15, -0.1) is 0 Å². The van der Waals surface area contributed by atoms with Gasteiger partial charge in [-0.3, -0.25) is 0 Å². The van der Waals surface area contributed by atoms with Gasteiger partial charge in [-0.1, -0.05) is 10.3 Å². The Morgan fingerprint density at radius 1 is 0.773 bits per heavy atom. The summed E-state index contributed by atoms with van der Waals surface area (Å²) in [7, 11) is 0. The predicted octanol–water partition coefficient (Wildman–Crippen LogP) is -0.603. The number of hydrogen-bond donors (Lipinski definition) is 0. The molecule has 3 rings (SSSR count). The van der Waals surface area contributed by atoms with Crippen LogP contribution in [-0.4, -0.2) is 44.0 Å². The smallest absolute Gasteiger partial charge is 0.318 e. The van der Waals surface area contributed by atoms with Gasteiger partial charge in [0.05, 0.1) is 0 Å². The molecule has 12 nitrogen and oxygen atoms in total. The Kier molecular flexibility index (Phi) is 3.17. The van der Waals surface area contributed by atoms with E-state index in [4.69, 9.17) is 0 Å². The maximum Gasteiger partial charge on any atom is 0.332 e.